The van der Waals surface area contributed by atoms with Crippen molar-refractivity contribution in [2.75, 3.05) is 37.6 Å². The van der Waals surface area contributed by atoms with Gasteiger partial charge < -0.3 is 15.4 Å². The summed E-state index contributed by atoms with van der Waals surface area (Å²) in [6.07, 6.45) is 3.03. The largest absolute Gasteiger partial charge is 0.384 e. The molecule has 3 N–H and O–H groups in total. The number of nitrogens with one attached hydrogen (secondary N) is 1. The number of hydrogen-bond donors (Lipinski definition) is 2. The van der Waals surface area contributed by atoms with Crippen LogP contribution in [0.3, 0.4) is 0 Å². The highest BCUT2D eigenvalue weighted by atomic mass is 16.2. The van der Waals surface area contributed by atoms with Crippen LogP contribution in [0.4, 0.5) is 10.5 Å². The number of urea groups is 1. The van der Waals surface area contributed by atoms with E-state index in [0.717, 1.165) is 51.1 Å². The van der Waals surface area contributed by atoms with Gasteiger partial charge in [-0.15, -0.1) is 0 Å². The number of nitrogen functional groups attached to an aromatic ring is 1. The van der Waals surface area contributed by atoms with E-state index in [-0.39, 0.29) is 11.9 Å². The average molecular weight is 325 g/mol. The molecule has 7 heteroatoms. The summed E-state index contributed by atoms with van der Waals surface area (Å²) in [6, 6.07) is 7.41. The van der Waals surface area contributed by atoms with Crippen molar-refractivity contribution in [1.82, 2.24) is 9.71 Å². The van der Waals surface area contributed by atoms with E-state index in [1.54, 1.807) is 11.0 Å². The molecule has 2 aliphatic heterocycles. The minimum Gasteiger partial charge on any atom is -0.384 e. The maximum atomic E-state index is 12.9. The van der Waals surface area contributed by atoms with E-state index >= 15 is 0 Å². The zero-order chi connectivity index (χ0) is 17.1. The van der Waals surface area contributed by atoms with Gasteiger partial charge in [-0.3, -0.25) is 10.3 Å². The zero-order valence-electron chi connectivity index (χ0n) is 13.9. The molecule has 126 valence electrons. The van der Waals surface area contributed by atoms with Crippen LogP contribution in [0.25, 0.3) is 0 Å². The van der Waals surface area contributed by atoms with Crippen LogP contribution in [-0.4, -0.2) is 62.3 Å². The Labute approximate surface area is 144 Å². The second-order valence-electron chi connectivity index (χ2n) is 6.68. The second-order valence-corrected chi connectivity index (χ2v) is 6.68. The molecule has 24 heavy (non-hydrogen) atoms. The molecule has 2 fully saturated rings. The van der Waals surface area contributed by atoms with Crippen LogP contribution in [0.5, 0.6) is 0 Å². The first-order chi connectivity index (χ1) is 11.5. The van der Waals surface area contributed by atoms with Gasteiger partial charge >= 0.3 is 6.03 Å². The number of benzene rings is 1. The molecule has 3 rings (SSSR count). The SMILES string of the molecule is [B]N1CCC(CN2CCCN(c3cccc(C(=N)N)c3)C2=O)CC1. The van der Waals surface area contributed by atoms with Crippen molar-refractivity contribution < 1.29 is 4.79 Å². The first-order valence-corrected chi connectivity index (χ1v) is 8.55. The molecule has 0 unspecified atom stereocenters. The lowest BCUT2D eigenvalue weighted by Crippen LogP contribution is -2.51. The molecule has 0 aromatic heterocycles. The minimum atomic E-state index is 0.0201. The van der Waals surface area contributed by atoms with E-state index in [0.29, 0.717) is 18.0 Å². The minimum absolute atomic E-state index is 0.0201. The van der Waals surface area contributed by atoms with Crippen molar-refractivity contribution >= 4 is 25.5 Å². The third kappa shape index (κ3) is 3.72. The van der Waals surface area contributed by atoms with Crippen molar-refractivity contribution in [3.8, 4) is 0 Å². The number of piperidine rings is 1. The number of anilines is 1. The van der Waals surface area contributed by atoms with Crippen LogP contribution in [0.1, 0.15) is 24.8 Å². The fourth-order valence-electron chi connectivity index (χ4n) is 3.48. The van der Waals surface area contributed by atoms with Crippen molar-refractivity contribution in [2.24, 2.45) is 11.7 Å². The Morgan fingerprint density at radius 2 is 2.00 bits per heavy atom. The molecule has 6 nitrogen and oxygen atoms in total. The van der Waals surface area contributed by atoms with Crippen LogP contribution in [0.15, 0.2) is 24.3 Å². The first kappa shape index (κ1) is 16.8. The average Bonchev–Trinajstić information content (AvgIpc) is 2.59. The van der Waals surface area contributed by atoms with Gasteiger partial charge in [-0.2, -0.15) is 0 Å². The third-order valence-corrected chi connectivity index (χ3v) is 4.91. The van der Waals surface area contributed by atoms with E-state index in [9.17, 15) is 4.79 Å². The van der Waals surface area contributed by atoms with Crippen LogP contribution in [0.2, 0.25) is 0 Å². The van der Waals surface area contributed by atoms with Crippen molar-refractivity contribution in [3.05, 3.63) is 29.8 Å². The predicted molar refractivity (Wildman–Crippen MR) is 96.4 cm³/mol. The summed E-state index contributed by atoms with van der Waals surface area (Å²) in [7, 11) is 5.81. The highest BCUT2D eigenvalue weighted by Gasteiger charge is 2.29. The van der Waals surface area contributed by atoms with Gasteiger partial charge in [0.1, 0.15) is 5.84 Å². The maximum Gasteiger partial charge on any atom is 0.324 e. The molecule has 2 radical (unpaired) electrons. The second kappa shape index (κ2) is 7.26. The molecule has 1 aromatic rings. The van der Waals surface area contributed by atoms with Gasteiger partial charge in [0, 0.05) is 30.9 Å². The molecule has 1 aromatic carbocycles. The number of amides is 2. The van der Waals surface area contributed by atoms with Crippen molar-refractivity contribution in [1.29, 1.82) is 5.41 Å². The molecular formula is C17H24BN5O. The van der Waals surface area contributed by atoms with Crippen LogP contribution in [-0.2, 0) is 0 Å². The van der Waals surface area contributed by atoms with E-state index in [1.165, 1.54) is 0 Å². The molecule has 0 spiro atoms. The van der Waals surface area contributed by atoms with Crippen molar-refractivity contribution in [2.45, 2.75) is 19.3 Å². The summed E-state index contributed by atoms with van der Waals surface area (Å²) in [5, 5.41) is 7.57. The normalized spacial score (nSPS) is 20.4. The number of nitrogens with two attached hydrogens (primary N) is 1. The number of carbonyl (C=O) groups is 1. The number of carbonyl (C=O) groups excluding carboxylic acids is 1. The van der Waals surface area contributed by atoms with Gasteiger partial charge in [-0.1, -0.05) is 12.1 Å². The summed E-state index contributed by atoms with van der Waals surface area (Å²) in [5.41, 5.74) is 7.02. The molecule has 2 heterocycles. The lowest BCUT2D eigenvalue weighted by Gasteiger charge is -2.39. The topological polar surface area (TPSA) is 76.7 Å². The lowest BCUT2D eigenvalue weighted by molar-refractivity contribution is 0.168. The van der Waals surface area contributed by atoms with Gasteiger partial charge in [0.25, 0.3) is 0 Å². The molecule has 2 aliphatic rings. The first-order valence-electron chi connectivity index (χ1n) is 8.55. The van der Waals surface area contributed by atoms with E-state index in [1.807, 2.05) is 27.9 Å². The Morgan fingerprint density at radius 3 is 2.71 bits per heavy atom. The summed E-state index contributed by atoms with van der Waals surface area (Å²) in [6.45, 7) is 4.12. The summed E-state index contributed by atoms with van der Waals surface area (Å²) in [5.74, 6) is 0.545. The number of hydrogen-bond acceptors (Lipinski definition) is 3. The molecule has 0 atom stereocenters. The molecule has 0 saturated carbocycles. The van der Waals surface area contributed by atoms with Gasteiger partial charge in [0.15, 0.2) is 7.98 Å². The van der Waals surface area contributed by atoms with Crippen LogP contribution in [0, 0.1) is 11.3 Å². The molecule has 2 amide bonds. The standard InChI is InChI=1S/C17H24BN5O/c18-22-9-5-13(6-10-22)12-21-7-2-8-23(17(21)24)15-4-1-3-14(11-15)16(19)20/h1,3-4,11,13H,2,5-10,12H2,(H3,19,20). The fraction of sp³-hybridized carbons (Fsp3) is 0.529. The van der Waals surface area contributed by atoms with Gasteiger partial charge in [0.2, 0.25) is 0 Å². The number of nitrogens with zero attached hydrogens (tertiary/aromatic N) is 3. The Balaban J connectivity index is 1.68. The van der Waals surface area contributed by atoms with Crippen LogP contribution < -0.4 is 10.6 Å². The zero-order valence-corrected chi connectivity index (χ0v) is 13.9. The number of rotatable bonds is 4. The Morgan fingerprint density at radius 1 is 1.25 bits per heavy atom. The highest BCUT2D eigenvalue weighted by Crippen LogP contribution is 2.24. The number of amidine groups is 1. The van der Waals surface area contributed by atoms with Gasteiger partial charge in [-0.05, 0) is 50.4 Å². The smallest absolute Gasteiger partial charge is 0.324 e. The summed E-state index contributed by atoms with van der Waals surface area (Å²) < 4.78 is 0. The molecule has 0 aliphatic carbocycles. The van der Waals surface area contributed by atoms with Gasteiger partial charge in [-0.25, -0.2) is 4.79 Å². The highest BCUT2D eigenvalue weighted by molar-refractivity contribution is 6.04. The quantitative estimate of drug-likeness (QED) is 0.499. The fourth-order valence-corrected chi connectivity index (χ4v) is 3.48. The third-order valence-electron chi connectivity index (χ3n) is 4.91. The Hall–Kier alpha value is -2.02. The summed E-state index contributed by atoms with van der Waals surface area (Å²) in [4.78, 5) is 18.5. The van der Waals surface area contributed by atoms with E-state index in [2.05, 4.69) is 0 Å². The van der Waals surface area contributed by atoms with E-state index < -0.39 is 0 Å². The maximum absolute atomic E-state index is 12.9. The molecule has 2 saturated heterocycles. The monoisotopic (exact) mass is 325 g/mol. The lowest BCUT2D eigenvalue weighted by atomic mass is 9.94. The van der Waals surface area contributed by atoms with Gasteiger partial charge in [0.05, 0.1) is 0 Å². The Bertz CT molecular complexity index is 615. The summed E-state index contributed by atoms with van der Waals surface area (Å²) >= 11 is 0. The van der Waals surface area contributed by atoms with E-state index in [4.69, 9.17) is 19.1 Å². The molecular weight excluding hydrogens is 301 g/mol. The molecule has 0 bridgehead atoms. The van der Waals surface area contributed by atoms with Crippen LogP contribution >= 0.6 is 0 Å². The Kier molecular flexibility index (Phi) is 5.09. The predicted octanol–water partition coefficient (Wildman–Crippen LogP) is 1.40. The van der Waals surface area contributed by atoms with Crippen molar-refractivity contribution in [3.63, 3.8) is 0 Å².